The lowest BCUT2D eigenvalue weighted by Crippen LogP contribution is -2.08. The smallest absolute Gasteiger partial charge is 0.310 e. The zero-order valence-electron chi connectivity index (χ0n) is 11.9. The minimum atomic E-state index is -0.311. The van der Waals surface area contributed by atoms with Crippen molar-refractivity contribution in [3.63, 3.8) is 0 Å². The Morgan fingerprint density at radius 1 is 1.53 bits per heavy atom. The zero-order chi connectivity index (χ0) is 14.3. The van der Waals surface area contributed by atoms with Gasteiger partial charge in [0.1, 0.15) is 0 Å². The molecule has 0 amide bonds. The SMILES string of the molecule is CCCC(C)/N=C(/C)Oc1cc(CC(=O)OC)co1. The van der Waals surface area contributed by atoms with E-state index in [2.05, 4.69) is 16.7 Å². The van der Waals surface area contributed by atoms with Gasteiger partial charge in [0.15, 0.2) is 5.90 Å². The van der Waals surface area contributed by atoms with Crippen molar-refractivity contribution >= 4 is 11.9 Å². The molecule has 1 unspecified atom stereocenters. The summed E-state index contributed by atoms with van der Waals surface area (Å²) in [7, 11) is 1.35. The highest BCUT2D eigenvalue weighted by molar-refractivity contribution is 5.76. The molecule has 0 aliphatic rings. The van der Waals surface area contributed by atoms with Crippen molar-refractivity contribution in [3.8, 4) is 5.95 Å². The summed E-state index contributed by atoms with van der Waals surface area (Å²) in [6.07, 6.45) is 3.76. The van der Waals surface area contributed by atoms with E-state index in [-0.39, 0.29) is 18.4 Å². The van der Waals surface area contributed by atoms with E-state index in [1.807, 2.05) is 6.92 Å². The number of rotatable bonds is 6. The molecule has 1 heterocycles. The second-order valence-corrected chi connectivity index (χ2v) is 4.41. The highest BCUT2D eigenvalue weighted by Crippen LogP contribution is 2.17. The third-order valence-corrected chi connectivity index (χ3v) is 2.56. The van der Waals surface area contributed by atoms with Crippen LogP contribution in [0, 0.1) is 0 Å². The van der Waals surface area contributed by atoms with Crippen LogP contribution < -0.4 is 4.74 Å². The van der Waals surface area contributed by atoms with Gasteiger partial charge in [-0.1, -0.05) is 13.3 Å². The quantitative estimate of drug-likeness (QED) is 0.451. The fraction of sp³-hybridized carbons (Fsp3) is 0.571. The number of ether oxygens (including phenoxy) is 2. The largest absolute Gasteiger partial charge is 0.469 e. The second-order valence-electron chi connectivity index (χ2n) is 4.41. The van der Waals surface area contributed by atoms with E-state index >= 15 is 0 Å². The summed E-state index contributed by atoms with van der Waals surface area (Å²) < 4.78 is 15.2. The Labute approximate surface area is 113 Å². The highest BCUT2D eigenvalue weighted by Gasteiger charge is 2.09. The molecule has 0 aromatic carbocycles. The van der Waals surface area contributed by atoms with Gasteiger partial charge in [-0.2, -0.15) is 0 Å². The Bertz CT molecular complexity index is 436. The number of methoxy groups -OCH3 is 1. The third-order valence-electron chi connectivity index (χ3n) is 2.56. The molecular formula is C14H21NO4. The number of aliphatic imine (C=N–C) groups is 1. The maximum Gasteiger partial charge on any atom is 0.310 e. The Morgan fingerprint density at radius 3 is 2.89 bits per heavy atom. The molecule has 0 bridgehead atoms. The van der Waals surface area contributed by atoms with Gasteiger partial charge < -0.3 is 13.9 Å². The maximum atomic E-state index is 11.1. The first-order valence-electron chi connectivity index (χ1n) is 6.41. The van der Waals surface area contributed by atoms with Gasteiger partial charge in [0.25, 0.3) is 5.95 Å². The van der Waals surface area contributed by atoms with Crippen LogP contribution in [-0.2, 0) is 16.0 Å². The molecule has 0 fully saturated rings. The maximum absolute atomic E-state index is 11.1. The minimum absolute atomic E-state index is 0.172. The average Bonchev–Trinajstić information content (AvgIpc) is 2.76. The molecule has 106 valence electrons. The topological polar surface area (TPSA) is 61.0 Å². The number of furan rings is 1. The van der Waals surface area contributed by atoms with Gasteiger partial charge in [-0.15, -0.1) is 0 Å². The van der Waals surface area contributed by atoms with E-state index in [4.69, 9.17) is 9.15 Å². The summed E-state index contributed by atoms with van der Waals surface area (Å²) in [6, 6.07) is 1.90. The molecular weight excluding hydrogens is 246 g/mol. The molecule has 0 N–H and O–H groups in total. The van der Waals surface area contributed by atoms with Crippen molar-refractivity contribution in [2.24, 2.45) is 4.99 Å². The van der Waals surface area contributed by atoms with Crippen LogP contribution in [0.5, 0.6) is 5.95 Å². The van der Waals surface area contributed by atoms with Crippen LogP contribution in [0.3, 0.4) is 0 Å². The molecule has 1 aromatic heterocycles. The monoisotopic (exact) mass is 267 g/mol. The van der Waals surface area contributed by atoms with Crippen LogP contribution in [0.15, 0.2) is 21.7 Å². The van der Waals surface area contributed by atoms with Crippen LogP contribution in [0.25, 0.3) is 0 Å². The molecule has 19 heavy (non-hydrogen) atoms. The molecule has 1 atom stereocenters. The van der Waals surface area contributed by atoms with E-state index in [0.29, 0.717) is 11.8 Å². The van der Waals surface area contributed by atoms with Crippen LogP contribution in [0.1, 0.15) is 39.2 Å². The fourth-order valence-electron chi connectivity index (χ4n) is 1.70. The van der Waals surface area contributed by atoms with Gasteiger partial charge in [0.2, 0.25) is 0 Å². The summed E-state index contributed by atoms with van der Waals surface area (Å²) >= 11 is 0. The van der Waals surface area contributed by atoms with E-state index in [9.17, 15) is 4.79 Å². The van der Waals surface area contributed by atoms with Crippen molar-refractivity contribution in [2.75, 3.05) is 7.11 Å². The molecule has 0 aliphatic carbocycles. The van der Waals surface area contributed by atoms with Crippen molar-refractivity contribution in [1.29, 1.82) is 0 Å². The molecule has 5 nitrogen and oxygen atoms in total. The number of hydrogen-bond acceptors (Lipinski definition) is 5. The predicted molar refractivity (Wildman–Crippen MR) is 72.5 cm³/mol. The molecule has 0 aliphatic heterocycles. The summed E-state index contributed by atoms with van der Waals surface area (Å²) in [4.78, 5) is 15.5. The van der Waals surface area contributed by atoms with Gasteiger partial charge in [-0.05, 0) is 13.3 Å². The summed E-state index contributed by atoms with van der Waals surface area (Å²) in [5.74, 6) is 0.582. The molecule has 0 spiro atoms. The van der Waals surface area contributed by atoms with E-state index in [1.54, 1.807) is 13.0 Å². The van der Waals surface area contributed by atoms with Crippen LogP contribution in [-0.4, -0.2) is 25.0 Å². The van der Waals surface area contributed by atoms with E-state index in [1.165, 1.54) is 13.4 Å². The van der Waals surface area contributed by atoms with Gasteiger partial charge >= 0.3 is 5.97 Å². The molecule has 1 aromatic rings. The first-order valence-corrected chi connectivity index (χ1v) is 6.41. The summed E-state index contributed by atoms with van der Waals surface area (Å²) in [6.45, 7) is 5.95. The number of esters is 1. The van der Waals surface area contributed by atoms with Crippen molar-refractivity contribution in [1.82, 2.24) is 0 Å². The summed E-state index contributed by atoms with van der Waals surface area (Å²) in [5.41, 5.74) is 0.719. The number of hydrogen-bond donors (Lipinski definition) is 0. The predicted octanol–water partition coefficient (Wildman–Crippen LogP) is 2.98. The molecule has 0 radical (unpaired) electrons. The van der Waals surface area contributed by atoms with Crippen LogP contribution >= 0.6 is 0 Å². The first kappa shape index (κ1) is 15.3. The minimum Gasteiger partial charge on any atom is -0.469 e. The lowest BCUT2D eigenvalue weighted by Gasteiger charge is -2.06. The molecule has 0 saturated heterocycles. The Balaban J connectivity index is 2.55. The molecule has 0 saturated carbocycles. The number of carbonyl (C=O) groups is 1. The number of carbonyl (C=O) groups excluding carboxylic acids is 1. The Morgan fingerprint density at radius 2 is 2.26 bits per heavy atom. The zero-order valence-corrected chi connectivity index (χ0v) is 11.9. The van der Waals surface area contributed by atoms with Crippen molar-refractivity contribution in [3.05, 3.63) is 17.9 Å². The van der Waals surface area contributed by atoms with Gasteiger partial charge in [-0.3, -0.25) is 9.79 Å². The summed E-state index contributed by atoms with van der Waals surface area (Å²) in [5, 5.41) is 0. The highest BCUT2D eigenvalue weighted by atomic mass is 16.6. The first-order chi connectivity index (χ1) is 9.05. The normalized spacial score (nSPS) is 13.2. The third kappa shape index (κ3) is 5.59. The lowest BCUT2D eigenvalue weighted by molar-refractivity contribution is -0.139. The second kappa shape index (κ2) is 7.61. The van der Waals surface area contributed by atoms with Gasteiger partial charge in [-0.25, -0.2) is 0 Å². The Kier molecular flexibility index (Phi) is 6.12. The van der Waals surface area contributed by atoms with Crippen molar-refractivity contribution in [2.45, 2.75) is 46.1 Å². The Hall–Kier alpha value is -1.78. The lowest BCUT2D eigenvalue weighted by atomic mass is 10.2. The van der Waals surface area contributed by atoms with Crippen LogP contribution in [0.2, 0.25) is 0 Å². The van der Waals surface area contributed by atoms with E-state index in [0.717, 1.165) is 18.4 Å². The fourth-order valence-corrected chi connectivity index (χ4v) is 1.70. The van der Waals surface area contributed by atoms with Gasteiger partial charge in [0, 0.05) is 18.6 Å². The van der Waals surface area contributed by atoms with E-state index < -0.39 is 0 Å². The number of nitrogens with zero attached hydrogens (tertiary/aromatic N) is 1. The van der Waals surface area contributed by atoms with Gasteiger partial charge in [0.05, 0.1) is 25.8 Å². The standard InChI is InChI=1S/C14H21NO4/c1-5-6-10(2)15-11(3)19-14-8-12(9-18-14)7-13(16)17-4/h8-10H,5-7H2,1-4H3/b15-11-. The molecule has 5 heteroatoms. The average molecular weight is 267 g/mol. The van der Waals surface area contributed by atoms with Crippen molar-refractivity contribution < 1.29 is 18.7 Å². The molecule has 1 rings (SSSR count). The van der Waals surface area contributed by atoms with Crippen LogP contribution in [0.4, 0.5) is 0 Å².